The summed E-state index contributed by atoms with van der Waals surface area (Å²) < 4.78 is 0. The first-order valence-electron chi connectivity index (χ1n) is 5.76. The first-order chi connectivity index (χ1) is 8.18. The van der Waals surface area contributed by atoms with Crippen LogP contribution in [-0.2, 0) is 10.5 Å². The van der Waals surface area contributed by atoms with Crippen molar-refractivity contribution in [3.63, 3.8) is 0 Å². The molecule has 1 aliphatic rings. The molecule has 0 radical (unpaired) electrons. The van der Waals surface area contributed by atoms with E-state index in [9.17, 15) is 4.79 Å². The molecule has 1 aromatic carbocycles. The molecule has 1 aromatic rings. The summed E-state index contributed by atoms with van der Waals surface area (Å²) in [5.74, 6) is -0.0321. The van der Waals surface area contributed by atoms with Gasteiger partial charge in [0.15, 0.2) is 0 Å². The van der Waals surface area contributed by atoms with Crippen molar-refractivity contribution in [1.29, 1.82) is 0 Å². The van der Waals surface area contributed by atoms with Crippen molar-refractivity contribution in [3.8, 4) is 0 Å². The van der Waals surface area contributed by atoms with Crippen molar-refractivity contribution >= 4 is 29.3 Å². The van der Waals surface area contributed by atoms with Gasteiger partial charge in [0.1, 0.15) is 0 Å². The molecular weight excluding hydrogens is 256 g/mol. The maximum atomic E-state index is 11.1. The van der Waals surface area contributed by atoms with E-state index >= 15 is 0 Å². The number of halogens is 1. The molecule has 1 saturated carbocycles. The number of rotatable bonds is 4. The van der Waals surface area contributed by atoms with Crippen molar-refractivity contribution in [2.75, 3.05) is 0 Å². The average molecular weight is 271 g/mol. The highest BCUT2D eigenvalue weighted by molar-refractivity contribution is 7.99. The average Bonchev–Trinajstić information content (AvgIpc) is 2.76. The summed E-state index contributed by atoms with van der Waals surface area (Å²) >= 11 is 7.80. The van der Waals surface area contributed by atoms with Gasteiger partial charge in [-0.3, -0.25) is 4.79 Å². The van der Waals surface area contributed by atoms with Gasteiger partial charge in [-0.25, -0.2) is 0 Å². The molecule has 2 nitrogen and oxygen atoms in total. The topological polar surface area (TPSA) is 37.3 Å². The number of thioether (sulfide) groups is 1. The number of hydrogen-bond donors (Lipinski definition) is 1. The molecule has 0 aliphatic heterocycles. The van der Waals surface area contributed by atoms with Gasteiger partial charge < -0.3 is 5.11 Å². The molecule has 0 saturated heterocycles. The van der Waals surface area contributed by atoms with E-state index in [4.69, 9.17) is 16.7 Å². The fourth-order valence-corrected chi connectivity index (χ4v) is 3.97. The van der Waals surface area contributed by atoms with Gasteiger partial charge >= 0.3 is 5.97 Å². The van der Waals surface area contributed by atoms with E-state index in [1.54, 1.807) is 11.8 Å². The molecule has 4 heteroatoms. The van der Waals surface area contributed by atoms with E-state index < -0.39 is 5.97 Å². The molecule has 0 heterocycles. The van der Waals surface area contributed by atoms with Crippen molar-refractivity contribution in [1.82, 2.24) is 0 Å². The zero-order chi connectivity index (χ0) is 12.3. The van der Waals surface area contributed by atoms with E-state index in [1.807, 2.05) is 24.3 Å². The quantitative estimate of drug-likeness (QED) is 0.904. The number of carboxylic acid groups (broad SMARTS) is 1. The maximum Gasteiger partial charge on any atom is 0.307 e. The monoisotopic (exact) mass is 270 g/mol. The highest BCUT2D eigenvalue weighted by atomic mass is 35.5. The highest BCUT2D eigenvalue weighted by Crippen LogP contribution is 2.37. The largest absolute Gasteiger partial charge is 0.481 e. The van der Waals surface area contributed by atoms with Crippen LogP contribution < -0.4 is 0 Å². The molecule has 17 heavy (non-hydrogen) atoms. The van der Waals surface area contributed by atoms with Gasteiger partial charge in [-0.1, -0.05) is 36.2 Å². The number of hydrogen-bond acceptors (Lipinski definition) is 2. The second-order valence-corrected chi connectivity index (χ2v) is 5.95. The van der Waals surface area contributed by atoms with E-state index in [0.717, 1.165) is 35.6 Å². The molecule has 1 fully saturated rings. The summed E-state index contributed by atoms with van der Waals surface area (Å²) in [5, 5.41) is 10.1. The van der Waals surface area contributed by atoms with Crippen LogP contribution >= 0.6 is 23.4 Å². The molecule has 2 atom stereocenters. The standard InChI is InChI=1S/C13H15ClO2S/c14-11-6-2-1-4-9(11)8-17-12-7-3-5-10(12)13(15)16/h1-2,4,6,10,12H,3,5,7-8H2,(H,15,16). The lowest BCUT2D eigenvalue weighted by Crippen LogP contribution is -2.20. The predicted molar refractivity (Wildman–Crippen MR) is 71.5 cm³/mol. The minimum Gasteiger partial charge on any atom is -0.481 e. The van der Waals surface area contributed by atoms with Crippen LogP contribution in [0, 0.1) is 5.92 Å². The minimum absolute atomic E-state index is 0.178. The van der Waals surface area contributed by atoms with E-state index in [-0.39, 0.29) is 11.2 Å². The molecule has 2 unspecified atom stereocenters. The Balaban J connectivity index is 1.94. The number of aliphatic carboxylic acids is 1. The summed E-state index contributed by atoms with van der Waals surface area (Å²) in [5.41, 5.74) is 1.09. The molecule has 1 aliphatic carbocycles. The Kier molecular flexibility index (Phi) is 4.35. The van der Waals surface area contributed by atoms with Crippen molar-refractivity contribution in [2.24, 2.45) is 5.92 Å². The molecule has 2 rings (SSSR count). The lowest BCUT2D eigenvalue weighted by atomic mass is 10.1. The van der Waals surface area contributed by atoms with E-state index in [1.165, 1.54) is 0 Å². The zero-order valence-electron chi connectivity index (χ0n) is 9.43. The Morgan fingerprint density at radius 1 is 1.41 bits per heavy atom. The molecular formula is C13H15ClO2S. The SMILES string of the molecule is O=C(O)C1CCCC1SCc1ccccc1Cl. The summed E-state index contributed by atoms with van der Waals surface area (Å²) in [6.07, 6.45) is 2.85. The smallest absolute Gasteiger partial charge is 0.307 e. The van der Waals surface area contributed by atoms with Crippen LogP contribution in [0.15, 0.2) is 24.3 Å². The normalized spacial score (nSPS) is 23.8. The third kappa shape index (κ3) is 3.17. The van der Waals surface area contributed by atoms with Gasteiger partial charge in [-0.15, -0.1) is 0 Å². The van der Waals surface area contributed by atoms with Crippen molar-refractivity contribution in [3.05, 3.63) is 34.9 Å². The maximum absolute atomic E-state index is 11.1. The van der Waals surface area contributed by atoms with Crippen LogP contribution in [0.3, 0.4) is 0 Å². The summed E-state index contributed by atoms with van der Waals surface area (Å²) in [6.45, 7) is 0. The van der Waals surface area contributed by atoms with Gasteiger partial charge in [-0.05, 0) is 24.5 Å². The fraction of sp³-hybridized carbons (Fsp3) is 0.462. The van der Waals surface area contributed by atoms with Crippen molar-refractivity contribution < 1.29 is 9.90 Å². The lowest BCUT2D eigenvalue weighted by Gasteiger charge is -2.15. The molecule has 1 N–H and O–H groups in total. The third-order valence-electron chi connectivity index (χ3n) is 3.18. The number of carboxylic acids is 1. The van der Waals surface area contributed by atoms with Gasteiger partial charge in [-0.2, -0.15) is 11.8 Å². The molecule has 0 aromatic heterocycles. The first kappa shape index (κ1) is 12.8. The van der Waals surface area contributed by atoms with Gasteiger partial charge in [0, 0.05) is 16.0 Å². The number of carbonyl (C=O) groups is 1. The van der Waals surface area contributed by atoms with Crippen LogP contribution in [0.4, 0.5) is 0 Å². The fourth-order valence-electron chi connectivity index (χ4n) is 2.22. The van der Waals surface area contributed by atoms with E-state index in [2.05, 4.69) is 0 Å². The van der Waals surface area contributed by atoms with Gasteiger partial charge in [0.2, 0.25) is 0 Å². The van der Waals surface area contributed by atoms with Crippen LogP contribution in [0.25, 0.3) is 0 Å². The summed E-state index contributed by atoms with van der Waals surface area (Å²) in [7, 11) is 0. The van der Waals surface area contributed by atoms with Gasteiger partial charge in [0.05, 0.1) is 5.92 Å². The third-order valence-corrected chi connectivity index (χ3v) is 5.02. The minimum atomic E-state index is -0.654. The Morgan fingerprint density at radius 2 is 2.18 bits per heavy atom. The number of benzene rings is 1. The summed E-state index contributed by atoms with van der Waals surface area (Å²) in [6, 6.07) is 7.75. The second-order valence-electron chi connectivity index (χ2n) is 4.32. The highest BCUT2D eigenvalue weighted by Gasteiger charge is 2.33. The van der Waals surface area contributed by atoms with Crippen LogP contribution in [0.5, 0.6) is 0 Å². The Hall–Kier alpha value is -0.670. The Morgan fingerprint density at radius 3 is 2.88 bits per heavy atom. The zero-order valence-corrected chi connectivity index (χ0v) is 11.0. The van der Waals surface area contributed by atoms with Crippen LogP contribution in [0.2, 0.25) is 5.02 Å². The lowest BCUT2D eigenvalue weighted by molar-refractivity contribution is -0.141. The second kappa shape index (κ2) is 5.78. The first-order valence-corrected chi connectivity index (χ1v) is 7.19. The molecule has 92 valence electrons. The summed E-state index contributed by atoms with van der Waals surface area (Å²) in [4.78, 5) is 11.1. The van der Waals surface area contributed by atoms with E-state index in [0.29, 0.717) is 0 Å². The van der Waals surface area contributed by atoms with Crippen molar-refractivity contribution in [2.45, 2.75) is 30.3 Å². The molecule has 0 bridgehead atoms. The Labute approximate surface area is 110 Å². The predicted octanol–water partition coefficient (Wildman–Crippen LogP) is 3.83. The van der Waals surface area contributed by atoms with Crippen LogP contribution in [0.1, 0.15) is 24.8 Å². The van der Waals surface area contributed by atoms with Crippen LogP contribution in [-0.4, -0.2) is 16.3 Å². The Bertz CT molecular complexity index is 408. The molecule has 0 spiro atoms. The van der Waals surface area contributed by atoms with Gasteiger partial charge in [0.25, 0.3) is 0 Å². The molecule has 0 amide bonds.